The van der Waals surface area contributed by atoms with Gasteiger partial charge >= 0.3 is 0 Å². The van der Waals surface area contributed by atoms with E-state index in [4.69, 9.17) is 0 Å². The summed E-state index contributed by atoms with van der Waals surface area (Å²) in [5, 5.41) is 3.11. The van der Waals surface area contributed by atoms with Crippen LogP contribution in [-0.4, -0.2) is 39.4 Å². The van der Waals surface area contributed by atoms with E-state index in [0.29, 0.717) is 23.9 Å². The van der Waals surface area contributed by atoms with Crippen molar-refractivity contribution in [2.75, 3.05) is 26.7 Å². The SMILES string of the molecule is CNCC1CCN(S(=O)(=O)c2cccc(C)c2)C1.Cl. The van der Waals surface area contributed by atoms with Crippen molar-refractivity contribution < 1.29 is 8.42 Å². The van der Waals surface area contributed by atoms with Gasteiger partial charge in [-0.05, 0) is 50.6 Å². The highest BCUT2D eigenvalue weighted by Crippen LogP contribution is 2.24. The van der Waals surface area contributed by atoms with Gasteiger partial charge < -0.3 is 5.32 Å². The number of hydrogen-bond donors (Lipinski definition) is 1. The van der Waals surface area contributed by atoms with Gasteiger partial charge in [0, 0.05) is 13.1 Å². The summed E-state index contributed by atoms with van der Waals surface area (Å²) in [5.74, 6) is 0.426. The van der Waals surface area contributed by atoms with Crippen LogP contribution in [0.25, 0.3) is 0 Å². The number of nitrogens with one attached hydrogen (secondary N) is 1. The minimum atomic E-state index is -3.31. The minimum Gasteiger partial charge on any atom is -0.319 e. The number of halogens is 1. The fraction of sp³-hybridized carbons (Fsp3) is 0.538. The minimum absolute atomic E-state index is 0. The number of hydrogen-bond acceptors (Lipinski definition) is 3. The monoisotopic (exact) mass is 304 g/mol. The molecule has 19 heavy (non-hydrogen) atoms. The molecule has 4 nitrogen and oxygen atoms in total. The summed E-state index contributed by atoms with van der Waals surface area (Å²) in [6.07, 6.45) is 0.936. The topological polar surface area (TPSA) is 49.4 Å². The first-order valence-corrected chi connectivity index (χ1v) is 7.69. The summed E-state index contributed by atoms with van der Waals surface area (Å²) in [6.45, 7) is 4.03. The van der Waals surface area contributed by atoms with Crippen molar-refractivity contribution in [3.63, 3.8) is 0 Å². The largest absolute Gasteiger partial charge is 0.319 e. The van der Waals surface area contributed by atoms with Crippen molar-refractivity contribution >= 4 is 22.4 Å². The third-order valence-corrected chi connectivity index (χ3v) is 5.23. The van der Waals surface area contributed by atoms with E-state index >= 15 is 0 Å². The van der Waals surface area contributed by atoms with E-state index in [9.17, 15) is 8.42 Å². The molecule has 1 aliphatic rings. The molecule has 1 atom stereocenters. The van der Waals surface area contributed by atoms with Crippen molar-refractivity contribution in [2.45, 2.75) is 18.2 Å². The van der Waals surface area contributed by atoms with Crippen molar-refractivity contribution in [3.8, 4) is 0 Å². The van der Waals surface area contributed by atoms with Crippen LogP contribution < -0.4 is 5.32 Å². The van der Waals surface area contributed by atoms with Crippen molar-refractivity contribution in [2.24, 2.45) is 5.92 Å². The highest BCUT2D eigenvalue weighted by molar-refractivity contribution is 7.89. The number of sulfonamides is 1. The molecule has 1 aromatic carbocycles. The zero-order valence-electron chi connectivity index (χ0n) is 11.3. The van der Waals surface area contributed by atoms with E-state index in [1.807, 2.05) is 20.0 Å². The first-order valence-electron chi connectivity index (χ1n) is 6.25. The van der Waals surface area contributed by atoms with Gasteiger partial charge in [-0.2, -0.15) is 4.31 Å². The van der Waals surface area contributed by atoms with E-state index in [1.54, 1.807) is 22.5 Å². The summed E-state index contributed by atoms with van der Waals surface area (Å²) in [7, 11) is -1.41. The summed E-state index contributed by atoms with van der Waals surface area (Å²) >= 11 is 0. The standard InChI is InChI=1S/C13H20N2O2S.ClH/c1-11-4-3-5-13(8-11)18(16,17)15-7-6-12(10-15)9-14-2;/h3-5,8,12,14H,6-7,9-10H2,1-2H3;1H. The van der Waals surface area contributed by atoms with E-state index in [-0.39, 0.29) is 12.4 Å². The van der Waals surface area contributed by atoms with Gasteiger partial charge in [-0.3, -0.25) is 0 Å². The molecule has 108 valence electrons. The lowest BCUT2D eigenvalue weighted by Crippen LogP contribution is -2.30. The summed E-state index contributed by atoms with van der Waals surface area (Å²) in [4.78, 5) is 0.410. The Labute approximate surface area is 121 Å². The second kappa shape index (κ2) is 6.70. The smallest absolute Gasteiger partial charge is 0.243 e. The van der Waals surface area contributed by atoms with Crippen LogP contribution in [-0.2, 0) is 10.0 Å². The molecule has 6 heteroatoms. The van der Waals surface area contributed by atoms with Crippen LogP contribution >= 0.6 is 12.4 Å². The first kappa shape index (κ1) is 16.4. The molecular weight excluding hydrogens is 284 g/mol. The Morgan fingerprint density at radius 2 is 2.16 bits per heavy atom. The second-order valence-electron chi connectivity index (χ2n) is 4.89. The van der Waals surface area contributed by atoms with E-state index in [0.717, 1.165) is 18.5 Å². The van der Waals surface area contributed by atoms with Crippen LogP contribution in [0.2, 0.25) is 0 Å². The molecule has 1 saturated heterocycles. The predicted octanol–water partition coefficient (Wildman–Crippen LogP) is 1.65. The third-order valence-electron chi connectivity index (χ3n) is 3.37. The zero-order chi connectivity index (χ0) is 13.2. The fourth-order valence-corrected chi connectivity index (χ4v) is 4.03. The molecule has 1 unspecified atom stereocenters. The Hall–Kier alpha value is -0.620. The lowest BCUT2D eigenvalue weighted by molar-refractivity contribution is 0.451. The van der Waals surface area contributed by atoms with Crippen LogP contribution in [0, 0.1) is 12.8 Å². The average Bonchev–Trinajstić information content (AvgIpc) is 2.79. The summed E-state index contributed by atoms with van der Waals surface area (Å²) in [5.41, 5.74) is 0.974. The van der Waals surface area contributed by atoms with Gasteiger partial charge in [-0.25, -0.2) is 8.42 Å². The predicted molar refractivity (Wildman–Crippen MR) is 79.2 cm³/mol. The van der Waals surface area contributed by atoms with Gasteiger partial charge in [-0.15, -0.1) is 12.4 Å². The maximum atomic E-state index is 12.4. The highest BCUT2D eigenvalue weighted by Gasteiger charge is 2.31. The van der Waals surface area contributed by atoms with Gasteiger partial charge in [0.2, 0.25) is 10.0 Å². The number of nitrogens with zero attached hydrogens (tertiary/aromatic N) is 1. The van der Waals surface area contributed by atoms with E-state index < -0.39 is 10.0 Å². The molecule has 1 heterocycles. The maximum Gasteiger partial charge on any atom is 0.243 e. The average molecular weight is 305 g/mol. The second-order valence-corrected chi connectivity index (χ2v) is 6.83. The maximum absolute atomic E-state index is 12.4. The molecule has 2 rings (SSSR count). The molecule has 0 saturated carbocycles. The van der Waals surface area contributed by atoms with E-state index in [1.165, 1.54) is 0 Å². The van der Waals surface area contributed by atoms with Crippen molar-refractivity contribution in [1.82, 2.24) is 9.62 Å². The Bertz CT molecular complexity index is 519. The molecule has 1 aromatic rings. The van der Waals surface area contributed by atoms with Gasteiger partial charge in [0.25, 0.3) is 0 Å². The first-order chi connectivity index (χ1) is 8.54. The van der Waals surface area contributed by atoms with Crippen molar-refractivity contribution in [3.05, 3.63) is 29.8 Å². The molecule has 0 radical (unpaired) electrons. The normalized spacial score (nSPS) is 20.2. The van der Waals surface area contributed by atoms with Gasteiger partial charge in [0.15, 0.2) is 0 Å². The Kier molecular flexibility index (Phi) is 5.80. The van der Waals surface area contributed by atoms with Crippen LogP contribution in [0.15, 0.2) is 29.2 Å². The molecule has 1 fully saturated rings. The fourth-order valence-electron chi connectivity index (χ4n) is 2.40. The quantitative estimate of drug-likeness (QED) is 0.920. The molecule has 1 aliphatic heterocycles. The number of aryl methyl sites for hydroxylation is 1. The summed E-state index contributed by atoms with van der Waals surface area (Å²) in [6, 6.07) is 7.12. The molecule has 0 aromatic heterocycles. The Morgan fingerprint density at radius 3 is 2.79 bits per heavy atom. The number of rotatable bonds is 4. The highest BCUT2D eigenvalue weighted by atomic mass is 35.5. The van der Waals surface area contributed by atoms with Crippen LogP contribution in [0.5, 0.6) is 0 Å². The Morgan fingerprint density at radius 1 is 1.42 bits per heavy atom. The van der Waals surface area contributed by atoms with E-state index in [2.05, 4.69) is 5.32 Å². The van der Waals surface area contributed by atoms with Crippen molar-refractivity contribution in [1.29, 1.82) is 0 Å². The lowest BCUT2D eigenvalue weighted by atomic mass is 10.1. The van der Waals surface area contributed by atoms with Gasteiger partial charge in [-0.1, -0.05) is 12.1 Å². The zero-order valence-corrected chi connectivity index (χ0v) is 12.9. The van der Waals surface area contributed by atoms with Gasteiger partial charge in [0.1, 0.15) is 0 Å². The molecule has 1 N–H and O–H groups in total. The molecule has 0 amide bonds. The summed E-state index contributed by atoms with van der Waals surface area (Å²) < 4.78 is 26.5. The van der Waals surface area contributed by atoms with Gasteiger partial charge in [0.05, 0.1) is 4.90 Å². The molecule has 0 aliphatic carbocycles. The molecule has 0 spiro atoms. The molecule has 0 bridgehead atoms. The molecular formula is C13H21ClN2O2S. The van der Waals surface area contributed by atoms with Crippen LogP contribution in [0.3, 0.4) is 0 Å². The third kappa shape index (κ3) is 3.69. The Balaban J connectivity index is 0.00000180. The van der Waals surface area contributed by atoms with Crippen LogP contribution in [0.1, 0.15) is 12.0 Å². The number of benzene rings is 1. The lowest BCUT2D eigenvalue weighted by Gasteiger charge is -2.17. The van der Waals surface area contributed by atoms with Crippen LogP contribution in [0.4, 0.5) is 0 Å².